The molecule has 8 nitrogen and oxygen atoms in total. The van der Waals surface area contributed by atoms with Crippen LogP contribution in [-0.2, 0) is 4.74 Å². The normalized spacial score (nSPS) is 12.1. The first-order valence-corrected chi connectivity index (χ1v) is 5.62. The molecule has 2 aromatic rings. The van der Waals surface area contributed by atoms with Crippen LogP contribution in [0.15, 0.2) is 40.1 Å². The molecule has 0 saturated carbocycles. The molecule has 2 rings (SSSR count). The first-order valence-electron chi connectivity index (χ1n) is 5.62. The Bertz CT molecular complexity index is 732. The van der Waals surface area contributed by atoms with Crippen LogP contribution in [0.4, 0.5) is 5.69 Å². The largest absolute Gasteiger partial charge is 0.372 e. The van der Waals surface area contributed by atoms with Crippen LogP contribution in [0.3, 0.4) is 0 Å². The van der Waals surface area contributed by atoms with E-state index in [2.05, 4.69) is 9.97 Å². The van der Waals surface area contributed by atoms with Crippen LogP contribution in [-0.4, -0.2) is 22.0 Å². The molecule has 0 aliphatic rings. The van der Waals surface area contributed by atoms with Crippen LogP contribution in [0.1, 0.15) is 17.2 Å². The molecule has 0 aliphatic heterocycles. The molecular weight excluding hydrogens is 266 g/mol. The maximum absolute atomic E-state index is 11.7. The van der Waals surface area contributed by atoms with Gasteiger partial charge in [0.05, 0.1) is 10.5 Å². The molecule has 1 aromatic heterocycles. The summed E-state index contributed by atoms with van der Waals surface area (Å²) in [5.74, 6) is 0. The van der Waals surface area contributed by atoms with E-state index in [1.807, 2.05) is 0 Å². The summed E-state index contributed by atoms with van der Waals surface area (Å²) < 4.78 is 5.23. The van der Waals surface area contributed by atoms with Crippen LogP contribution in [0.5, 0.6) is 0 Å². The number of rotatable bonds is 4. The van der Waals surface area contributed by atoms with Crippen molar-refractivity contribution in [2.24, 2.45) is 0 Å². The highest BCUT2D eigenvalue weighted by atomic mass is 16.6. The smallest absolute Gasteiger partial charge is 0.325 e. The number of aromatic amines is 2. The summed E-state index contributed by atoms with van der Waals surface area (Å²) in [6, 6.07) is 5.64. The number of nitrogens with one attached hydrogen (secondary N) is 2. The minimum absolute atomic E-state index is 0.0565. The van der Waals surface area contributed by atoms with Gasteiger partial charge in [0.25, 0.3) is 11.2 Å². The van der Waals surface area contributed by atoms with E-state index in [0.29, 0.717) is 5.56 Å². The number of nitrogens with zero attached hydrogens (tertiary/aromatic N) is 1. The monoisotopic (exact) mass is 277 g/mol. The van der Waals surface area contributed by atoms with Crippen molar-refractivity contribution in [3.8, 4) is 0 Å². The minimum atomic E-state index is -0.726. The Morgan fingerprint density at radius 3 is 2.40 bits per heavy atom. The summed E-state index contributed by atoms with van der Waals surface area (Å²) in [6.07, 6.45) is 0.535. The first-order chi connectivity index (χ1) is 9.52. The second kappa shape index (κ2) is 5.49. The van der Waals surface area contributed by atoms with Gasteiger partial charge < -0.3 is 9.72 Å². The Balaban J connectivity index is 2.44. The van der Waals surface area contributed by atoms with E-state index in [4.69, 9.17) is 4.74 Å². The van der Waals surface area contributed by atoms with Gasteiger partial charge in [-0.15, -0.1) is 0 Å². The van der Waals surface area contributed by atoms with Crippen molar-refractivity contribution < 1.29 is 9.66 Å². The molecule has 0 bridgehead atoms. The van der Waals surface area contributed by atoms with Gasteiger partial charge in [-0.2, -0.15) is 0 Å². The first kappa shape index (κ1) is 13.7. The third kappa shape index (κ3) is 2.64. The summed E-state index contributed by atoms with van der Waals surface area (Å²) in [5, 5.41) is 10.6. The summed E-state index contributed by atoms with van der Waals surface area (Å²) in [6.45, 7) is 0. The fourth-order valence-electron chi connectivity index (χ4n) is 1.83. The highest BCUT2D eigenvalue weighted by Crippen LogP contribution is 2.24. The zero-order valence-corrected chi connectivity index (χ0v) is 10.5. The Morgan fingerprint density at radius 2 is 1.90 bits per heavy atom. The molecule has 0 radical (unpaired) electrons. The Morgan fingerprint density at radius 1 is 1.25 bits per heavy atom. The molecule has 0 saturated heterocycles. The lowest BCUT2D eigenvalue weighted by molar-refractivity contribution is -0.384. The van der Waals surface area contributed by atoms with Gasteiger partial charge in [0.2, 0.25) is 0 Å². The topological polar surface area (TPSA) is 118 Å². The van der Waals surface area contributed by atoms with Gasteiger partial charge in [-0.05, 0) is 17.7 Å². The van der Waals surface area contributed by atoms with Gasteiger partial charge in [-0.3, -0.25) is 19.9 Å². The standard InChI is InChI=1S/C12H11N3O5/c1-20-10(9-6-13-12(17)14-11(9)16)7-2-4-8(5-3-7)15(18)19/h2-6,10H,1H3,(H2,13,14,16,17). The van der Waals surface area contributed by atoms with Crippen molar-refractivity contribution >= 4 is 5.69 Å². The molecule has 1 atom stereocenters. The van der Waals surface area contributed by atoms with E-state index in [1.54, 1.807) is 0 Å². The number of nitro benzene ring substituents is 1. The van der Waals surface area contributed by atoms with E-state index in [0.717, 1.165) is 0 Å². The molecule has 20 heavy (non-hydrogen) atoms. The molecule has 0 amide bonds. The average molecular weight is 277 g/mol. The van der Waals surface area contributed by atoms with Gasteiger partial charge in [0, 0.05) is 25.4 Å². The number of ether oxygens (including phenoxy) is 1. The highest BCUT2D eigenvalue weighted by molar-refractivity contribution is 5.36. The summed E-state index contributed by atoms with van der Waals surface area (Å²) in [7, 11) is 1.40. The van der Waals surface area contributed by atoms with Gasteiger partial charge >= 0.3 is 5.69 Å². The van der Waals surface area contributed by atoms with Gasteiger partial charge in [-0.1, -0.05) is 0 Å². The van der Waals surface area contributed by atoms with Crippen molar-refractivity contribution in [3.05, 3.63) is 72.5 Å². The van der Waals surface area contributed by atoms with Crippen molar-refractivity contribution in [3.63, 3.8) is 0 Å². The second-order valence-corrected chi connectivity index (χ2v) is 3.99. The summed E-state index contributed by atoms with van der Waals surface area (Å²) in [4.78, 5) is 37.2. The average Bonchev–Trinajstić information content (AvgIpc) is 2.42. The third-order valence-corrected chi connectivity index (χ3v) is 2.77. The molecule has 0 aliphatic carbocycles. The van der Waals surface area contributed by atoms with E-state index in [-0.39, 0.29) is 11.3 Å². The molecule has 104 valence electrons. The molecular formula is C12H11N3O5. The predicted molar refractivity (Wildman–Crippen MR) is 69.6 cm³/mol. The molecule has 8 heteroatoms. The van der Waals surface area contributed by atoms with Crippen LogP contribution in [0, 0.1) is 10.1 Å². The lowest BCUT2D eigenvalue weighted by atomic mass is 10.0. The SMILES string of the molecule is COC(c1ccc([N+](=O)[O-])cc1)c1c[nH]c(=O)[nH]c1=O. The Kier molecular flexibility index (Phi) is 3.76. The predicted octanol–water partition coefficient (Wildman–Crippen LogP) is 0.707. The minimum Gasteiger partial charge on any atom is -0.372 e. The van der Waals surface area contributed by atoms with Crippen LogP contribution < -0.4 is 11.2 Å². The lowest BCUT2D eigenvalue weighted by Crippen LogP contribution is -2.27. The van der Waals surface area contributed by atoms with E-state index < -0.39 is 22.3 Å². The maximum atomic E-state index is 11.7. The molecule has 1 unspecified atom stereocenters. The number of non-ortho nitro benzene ring substituents is 1. The van der Waals surface area contributed by atoms with Crippen LogP contribution in [0.2, 0.25) is 0 Å². The van der Waals surface area contributed by atoms with Crippen molar-refractivity contribution in [1.29, 1.82) is 0 Å². The summed E-state index contributed by atoms with van der Waals surface area (Å²) in [5.41, 5.74) is -0.466. The lowest BCUT2D eigenvalue weighted by Gasteiger charge is -2.14. The number of hydrogen-bond acceptors (Lipinski definition) is 5. The number of H-pyrrole nitrogens is 2. The molecule has 1 aromatic carbocycles. The quantitative estimate of drug-likeness (QED) is 0.630. The van der Waals surface area contributed by atoms with Crippen LogP contribution >= 0.6 is 0 Å². The van der Waals surface area contributed by atoms with E-state index >= 15 is 0 Å². The van der Waals surface area contributed by atoms with Gasteiger partial charge in [0.1, 0.15) is 6.10 Å². The Hall–Kier alpha value is -2.74. The van der Waals surface area contributed by atoms with Crippen LogP contribution in [0.25, 0.3) is 0 Å². The van der Waals surface area contributed by atoms with Crippen molar-refractivity contribution in [2.75, 3.05) is 7.11 Å². The van der Waals surface area contributed by atoms with Crippen molar-refractivity contribution in [2.45, 2.75) is 6.10 Å². The highest BCUT2D eigenvalue weighted by Gasteiger charge is 2.18. The molecule has 1 heterocycles. The number of hydrogen-bond donors (Lipinski definition) is 2. The fraction of sp³-hybridized carbons (Fsp3) is 0.167. The van der Waals surface area contributed by atoms with Gasteiger partial charge in [0.15, 0.2) is 0 Å². The second-order valence-electron chi connectivity index (χ2n) is 3.99. The number of methoxy groups -OCH3 is 1. The van der Waals surface area contributed by atoms with E-state index in [9.17, 15) is 19.7 Å². The molecule has 0 fully saturated rings. The molecule has 0 spiro atoms. The number of nitro groups is 1. The Labute approximate surface area is 112 Å². The third-order valence-electron chi connectivity index (χ3n) is 2.77. The van der Waals surface area contributed by atoms with Gasteiger partial charge in [-0.25, -0.2) is 4.79 Å². The summed E-state index contributed by atoms with van der Waals surface area (Å²) >= 11 is 0. The number of aromatic nitrogens is 2. The van der Waals surface area contributed by atoms with E-state index in [1.165, 1.54) is 37.6 Å². The maximum Gasteiger partial charge on any atom is 0.325 e. The molecule has 2 N–H and O–H groups in total. The number of benzene rings is 1. The fourth-order valence-corrected chi connectivity index (χ4v) is 1.83. The van der Waals surface area contributed by atoms with Crippen molar-refractivity contribution in [1.82, 2.24) is 9.97 Å². The zero-order chi connectivity index (χ0) is 14.7. The zero-order valence-electron chi connectivity index (χ0n) is 10.5.